The van der Waals surface area contributed by atoms with E-state index < -0.39 is 8.72 Å². The normalized spacial score (nSPS) is 18.5. The zero-order chi connectivity index (χ0) is 13.4. The first-order valence-corrected chi connectivity index (χ1v) is 9.27. The Kier molecular flexibility index (Phi) is 7.40. The molecule has 108 valence electrons. The molecule has 1 aliphatic rings. The number of hydrogen-bond acceptors (Lipinski definition) is 4. The Labute approximate surface area is 114 Å². The third-order valence-corrected chi connectivity index (χ3v) is 7.76. The van der Waals surface area contributed by atoms with Crippen molar-refractivity contribution in [1.29, 1.82) is 0 Å². The van der Waals surface area contributed by atoms with Gasteiger partial charge in [0.2, 0.25) is 0 Å². The molecule has 0 aliphatic carbocycles. The number of likely N-dealkylation sites (N-methyl/N-ethyl adjacent to an activating group) is 1. The second-order valence-electron chi connectivity index (χ2n) is 4.96. The molecule has 0 unspecified atom stereocenters. The van der Waals surface area contributed by atoms with Gasteiger partial charge in [-0.15, -0.1) is 0 Å². The van der Waals surface area contributed by atoms with Crippen molar-refractivity contribution in [3.63, 3.8) is 0 Å². The molecular formula is C13H30N2O2Si. The van der Waals surface area contributed by atoms with E-state index in [9.17, 15) is 0 Å². The van der Waals surface area contributed by atoms with Crippen LogP contribution in [0.3, 0.4) is 0 Å². The standard InChI is InChI=1S/C13H30N2O2Si/c1-5-15(18(6-2,16-3)17-4)13-12-14-10-8-7-9-11-14/h5-13H2,1-4H3. The number of nitrogens with zero attached hydrogens (tertiary/aromatic N) is 2. The van der Waals surface area contributed by atoms with Gasteiger partial charge < -0.3 is 13.8 Å². The highest BCUT2D eigenvalue weighted by Gasteiger charge is 2.40. The van der Waals surface area contributed by atoms with Crippen LogP contribution in [0.1, 0.15) is 33.1 Å². The Morgan fingerprint density at radius 3 is 2.11 bits per heavy atom. The van der Waals surface area contributed by atoms with Crippen LogP contribution in [-0.4, -0.2) is 65.1 Å². The zero-order valence-corrected chi connectivity index (χ0v) is 13.6. The Morgan fingerprint density at radius 2 is 1.67 bits per heavy atom. The Bertz CT molecular complexity index is 211. The summed E-state index contributed by atoms with van der Waals surface area (Å²) in [5.41, 5.74) is 0. The van der Waals surface area contributed by atoms with Crippen molar-refractivity contribution in [2.24, 2.45) is 0 Å². The molecule has 4 nitrogen and oxygen atoms in total. The summed E-state index contributed by atoms with van der Waals surface area (Å²) < 4.78 is 13.9. The largest absolute Gasteiger partial charge is 0.427 e. The van der Waals surface area contributed by atoms with Gasteiger partial charge in [0.05, 0.1) is 0 Å². The van der Waals surface area contributed by atoms with E-state index in [0.29, 0.717) is 0 Å². The topological polar surface area (TPSA) is 24.9 Å². The van der Waals surface area contributed by atoms with Gasteiger partial charge in [-0.2, -0.15) is 0 Å². The minimum atomic E-state index is -2.12. The smallest absolute Gasteiger partial charge is 0.386 e. The molecule has 1 rings (SSSR count). The maximum absolute atomic E-state index is 5.75. The second-order valence-corrected chi connectivity index (χ2v) is 8.54. The van der Waals surface area contributed by atoms with Gasteiger partial charge in [0.25, 0.3) is 0 Å². The minimum absolute atomic E-state index is 0.980. The molecular weight excluding hydrogens is 244 g/mol. The molecule has 1 heterocycles. The fraction of sp³-hybridized carbons (Fsp3) is 1.00. The molecule has 0 aromatic rings. The van der Waals surface area contributed by atoms with Crippen LogP contribution >= 0.6 is 0 Å². The number of rotatable bonds is 8. The molecule has 0 aromatic carbocycles. The zero-order valence-electron chi connectivity index (χ0n) is 12.6. The van der Waals surface area contributed by atoms with Gasteiger partial charge in [-0.1, -0.05) is 20.3 Å². The molecule has 0 atom stereocenters. The first-order valence-electron chi connectivity index (χ1n) is 7.30. The molecule has 0 N–H and O–H groups in total. The lowest BCUT2D eigenvalue weighted by Gasteiger charge is -2.38. The summed E-state index contributed by atoms with van der Waals surface area (Å²) in [6.45, 7) is 10.1. The maximum Gasteiger partial charge on any atom is 0.427 e. The summed E-state index contributed by atoms with van der Waals surface area (Å²) in [6.07, 6.45) is 4.12. The van der Waals surface area contributed by atoms with Gasteiger partial charge in [-0.05, 0) is 32.5 Å². The third kappa shape index (κ3) is 4.03. The predicted octanol–water partition coefficient (Wildman–Crippen LogP) is 2.05. The predicted molar refractivity (Wildman–Crippen MR) is 77.8 cm³/mol. The van der Waals surface area contributed by atoms with Gasteiger partial charge in [-0.25, -0.2) is 0 Å². The van der Waals surface area contributed by atoms with E-state index in [1.165, 1.54) is 32.4 Å². The number of likely N-dealkylation sites (tertiary alicyclic amines) is 1. The average Bonchev–Trinajstić information content (AvgIpc) is 2.45. The van der Waals surface area contributed by atoms with Crippen molar-refractivity contribution in [2.75, 3.05) is 46.9 Å². The lowest BCUT2D eigenvalue weighted by molar-refractivity contribution is 0.146. The quantitative estimate of drug-likeness (QED) is 0.633. The van der Waals surface area contributed by atoms with Crippen LogP contribution in [0.2, 0.25) is 6.04 Å². The summed E-state index contributed by atoms with van der Waals surface area (Å²) in [5.74, 6) is 0. The SMILES string of the molecule is CCN(CCN1CCCCC1)[Si](CC)(OC)OC. The molecule has 1 aliphatic heterocycles. The first kappa shape index (κ1) is 16.1. The minimum Gasteiger partial charge on any atom is -0.386 e. The van der Waals surface area contributed by atoms with Crippen LogP contribution in [0.5, 0.6) is 0 Å². The maximum atomic E-state index is 5.75. The molecule has 5 heteroatoms. The Balaban J connectivity index is 2.48. The van der Waals surface area contributed by atoms with Gasteiger partial charge >= 0.3 is 8.72 Å². The summed E-state index contributed by atoms with van der Waals surface area (Å²) in [5, 5.41) is 0. The van der Waals surface area contributed by atoms with Crippen LogP contribution in [0, 0.1) is 0 Å². The van der Waals surface area contributed by atoms with Gasteiger partial charge in [0.15, 0.2) is 0 Å². The van der Waals surface area contributed by atoms with Crippen LogP contribution in [0.4, 0.5) is 0 Å². The van der Waals surface area contributed by atoms with E-state index in [-0.39, 0.29) is 0 Å². The fourth-order valence-corrected chi connectivity index (χ4v) is 5.50. The highest BCUT2D eigenvalue weighted by atomic mass is 28.4. The van der Waals surface area contributed by atoms with Gasteiger partial charge in [0.1, 0.15) is 0 Å². The summed E-state index contributed by atoms with van der Waals surface area (Å²) in [4.78, 5) is 2.58. The lowest BCUT2D eigenvalue weighted by Crippen LogP contribution is -2.58. The highest BCUT2D eigenvalue weighted by molar-refractivity contribution is 6.64. The third-order valence-electron chi connectivity index (χ3n) is 4.08. The van der Waals surface area contributed by atoms with E-state index in [1.54, 1.807) is 14.2 Å². The van der Waals surface area contributed by atoms with Crippen molar-refractivity contribution >= 4 is 8.72 Å². The highest BCUT2D eigenvalue weighted by Crippen LogP contribution is 2.17. The second kappa shape index (κ2) is 8.27. The first-order chi connectivity index (χ1) is 8.72. The van der Waals surface area contributed by atoms with E-state index in [1.807, 2.05) is 0 Å². The molecule has 0 bridgehead atoms. The molecule has 18 heavy (non-hydrogen) atoms. The van der Waals surface area contributed by atoms with Crippen LogP contribution in [-0.2, 0) is 8.85 Å². The monoisotopic (exact) mass is 274 g/mol. The fourth-order valence-electron chi connectivity index (χ4n) is 2.87. The van der Waals surface area contributed by atoms with Crippen molar-refractivity contribution in [1.82, 2.24) is 9.47 Å². The lowest BCUT2D eigenvalue weighted by atomic mass is 10.1. The van der Waals surface area contributed by atoms with E-state index in [2.05, 4.69) is 23.3 Å². The van der Waals surface area contributed by atoms with Crippen LogP contribution in [0.25, 0.3) is 0 Å². The number of hydrogen-bond donors (Lipinski definition) is 0. The van der Waals surface area contributed by atoms with Gasteiger partial charge in [0, 0.05) is 33.4 Å². The molecule has 0 saturated carbocycles. The Morgan fingerprint density at radius 1 is 1.06 bits per heavy atom. The molecule has 0 radical (unpaired) electrons. The molecule has 1 fully saturated rings. The van der Waals surface area contributed by atoms with Gasteiger partial charge in [-0.3, -0.25) is 4.57 Å². The molecule has 0 aromatic heterocycles. The summed E-state index contributed by atoms with van der Waals surface area (Å²) in [7, 11) is 1.46. The van der Waals surface area contributed by atoms with Crippen molar-refractivity contribution < 1.29 is 8.85 Å². The molecule has 0 amide bonds. The summed E-state index contributed by atoms with van der Waals surface area (Å²) in [6, 6.07) is 0.980. The van der Waals surface area contributed by atoms with Crippen molar-refractivity contribution in [2.45, 2.75) is 39.2 Å². The molecule has 1 saturated heterocycles. The molecule has 0 spiro atoms. The van der Waals surface area contributed by atoms with Crippen LogP contribution < -0.4 is 0 Å². The van der Waals surface area contributed by atoms with Crippen molar-refractivity contribution in [3.05, 3.63) is 0 Å². The van der Waals surface area contributed by atoms with Crippen LogP contribution in [0.15, 0.2) is 0 Å². The number of piperidine rings is 1. The summed E-state index contributed by atoms with van der Waals surface area (Å²) >= 11 is 0. The van der Waals surface area contributed by atoms with E-state index in [4.69, 9.17) is 8.85 Å². The van der Waals surface area contributed by atoms with Crippen molar-refractivity contribution in [3.8, 4) is 0 Å². The Hall–Kier alpha value is 0.0569. The van der Waals surface area contributed by atoms with E-state index >= 15 is 0 Å². The average molecular weight is 274 g/mol. The van der Waals surface area contributed by atoms with E-state index in [0.717, 1.165) is 25.7 Å².